The molecular formula is C18H18N2O5S. The zero-order chi connectivity index (χ0) is 18.9. The Bertz CT molecular complexity index is 825. The fraction of sp³-hybridized carbons (Fsp3) is 0.278. The van der Waals surface area contributed by atoms with E-state index >= 15 is 0 Å². The molecule has 0 aliphatic carbocycles. The number of carbonyl (C=O) groups excluding carboxylic acids is 2. The summed E-state index contributed by atoms with van der Waals surface area (Å²) >= 11 is 1.40. The summed E-state index contributed by atoms with van der Waals surface area (Å²) < 4.78 is 15.4. The second-order valence-electron chi connectivity index (χ2n) is 5.03. The van der Waals surface area contributed by atoms with Crippen molar-refractivity contribution in [3.63, 3.8) is 0 Å². The largest absolute Gasteiger partial charge is 0.493 e. The van der Waals surface area contributed by atoms with E-state index in [1.54, 1.807) is 25.7 Å². The van der Waals surface area contributed by atoms with Crippen molar-refractivity contribution in [3.05, 3.63) is 29.3 Å². The molecule has 0 bridgehead atoms. The highest BCUT2D eigenvalue weighted by atomic mass is 32.1. The summed E-state index contributed by atoms with van der Waals surface area (Å²) in [6.45, 7) is -0.273. The third kappa shape index (κ3) is 5.22. The summed E-state index contributed by atoms with van der Waals surface area (Å²) in [6.07, 6.45) is 5.00. The van der Waals surface area contributed by atoms with E-state index in [1.165, 1.54) is 11.3 Å². The molecule has 0 saturated heterocycles. The Morgan fingerprint density at radius 2 is 2.04 bits per heavy atom. The molecule has 7 nitrogen and oxygen atoms in total. The van der Waals surface area contributed by atoms with Gasteiger partial charge in [0.15, 0.2) is 18.1 Å². The lowest BCUT2D eigenvalue weighted by molar-refractivity contribution is -0.147. The normalized spacial score (nSPS) is 9.88. The number of terminal acetylenes is 1. The number of ether oxygens (including phenoxy) is 3. The van der Waals surface area contributed by atoms with Gasteiger partial charge in [-0.1, -0.05) is 5.92 Å². The predicted molar refractivity (Wildman–Crippen MR) is 97.2 cm³/mol. The van der Waals surface area contributed by atoms with E-state index in [2.05, 4.69) is 16.2 Å². The predicted octanol–water partition coefficient (Wildman–Crippen LogP) is 1.66. The Morgan fingerprint density at radius 3 is 2.73 bits per heavy atom. The number of nitrogens with zero attached hydrogens (tertiary/aromatic N) is 1. The molecule has 8 heteroatoms. The van der Waals surface area contributed by atoms with Crippen LogP contribution in [0.15, 0.2) is 23.6 Å². The first-order valence-electron chi connectivity index (χ1n) is 7.60. The fourth-order valence-electron chi connectivity index (χ4n) is 2.04. The number of benzene rings is 1. The number of thiazole rings is 1. The van der Waals surface area contributed by atoms with Gasteiger partial charge in [-0.3, -0.25) is 9.59 Å². The van der Waals surface area contributed by atoms with E-state index in [1.807, 2.05) is 12.1 Å². The lowest BCUT2D eigenvalue weighted by Gasteiger charge is -2.08. The van der Waals surface area contributed by atoms with Crippen molar-refractivity contribution in [2.75, 3.05) is 27.4 Å². The fourth-order valence-corrected chi connectivity index (χ4v) is 2.85. The van der Waals surface area contributed by atoms with Gasteiger partial charge >= 0.3 is 5.97 Å². The first-order valence-corrected chi connectivity index (χ1v) is 8.48. The Kier molecular flexibility index (Phi) is 7.00. The van der Waals surface area contributed by atoms with Crippen LogP contribution in [0.4, 0.5) is 0 Å². The highest BCUT2D eigenvalue weighted by Crippen LogP contribution is 2.33. The lowest BCUT2D eigenvalue weighted by atomic mass is 10.2. The number of hydrogen-bond acceptors (Lipinski definition) is 7. The molecule has 2 aromatic rings. The Morgan fingerprint density at radius 1 is 1.27 bits per heavy atom. The molecule has 0 fully saturated rings. The molecule has 1 N–H and O–H groups in total. The molecule has 0 unspecified atom stereocenters. The topological polar surface area (TPSA) is 86.8 Å². The summed E-state index contributed by atoms with van der Waals surface area (Å²) in [4.78, 5) is 27.6. The Balaban J connectivity index is 1.96. The second-order valence-corrected chi connectivity index (χ2v) is 5.89. The quantitative estimate of drug-likeness (QED) is 0.559. The molecule has 0 atom stereocenters. The number of amides is 1. The minimum absolute atomic E-state index is 0.0216. The molecule has 0 radical (unpaired) electrons. The molecule has 0 saturated carbocycles. The van der Waals surface area contributed by atoms with Gasteiger partial charge in [0.1, 0.15) is 5.01 Å². The van der Waals surface area contributed by atoms with Crippen LogP contribution in [0.5, 0.6) is 11.5 Å². The van der Waals surface area contributed by atoms with E-state index < -0.39 is 11.9 Å². The SMILES string of the molecule is C#CCNC(=O)COC(=O)Cc1csc(-c2ccc(OC)c(OC)c2)n1. The number of nitrogens with one attached hydrogen (secondary N) is 1. The maximum Gasteiger partial charge on any atom is 0.312 e. The molecule has 1 aromatic heterocycles. The Labute approximate surface area is 155 Å². The molecule has 1 amide bonds. The van der Waals surface area contributed by atoms with Crippen LogP contribution in [0.25, 0.3) is 10.6 Å². The Hall–Kier alpha value is -3.05. The van der Waals surface area contributed by atoms with Crippen molar-refractivity contribution in [1.82, 2.24) is 10.3 Å². The monoisotopic (exact) mass is 374 g/mol. The summed E-state index contributed by atoms with van der Waals surface area (Å²) in [5.41, 5.74) is 1.41. The molecule has 0 aliphatic heterocycles. The van der Waals surface area contributed by atoms with Crippen molar-refractivity contribution in [3.8, 4) is 34.4 Å². The van der Waals surface area contributed by atoms with Crippen LogP contribution in [-0.2, 0) is 20.7 Å². The zero-order valence-corrected chi connectivity index (χ0v) is 15.2. The van der Waals surface area contributed by atoms with Gasteiger partial charge in [-0.2, -0.15) is 0 Å². The molecule has 136 valence electrons. The number of carbonyl (C=O) groups is 2. The van der Waals surface area contributed by atoms with Crippen LogP contribution in [-0.4, -0.2) is 44.2 Å². The van der Waals surface area contributed by atoms with Gasteiger partial charge in [0.25, 0.3) is 5.91 Å². The zero-order valence-electron chi connectivity index (χ0n) is 14.4. The number of aromatic nitrogens is 1. The van der Waals surface area contributed by atoms with Gasteiger partial charge in [-0.25, -0.2) is 4.98 Å². The number of esters is 1. The molecule has 26 heavy (non-hydrogen) atoms. The standard InChI is InChI=1S/C18H18N2O5S/c1-4-7-19-16(21)10-25-17(22)9-13-11-26-18(20-13)12-5-6-14(23-2)15(8-12)24-3/h1,5-6,8,11H,7,9-10H2,2-3H3,(H,19,21). The van der Waals surface area contributed by atoms with Gasteiger partial charge in [0.2, 0.25) is 0 Å². The van der Waals surface area contributed by atoms with Gasteiger partial charge in [-0.15, -0.1) is 17.8 Å². The first-order chi connectivity index (χ1) is 12.6. The van der Waals surface area contributed by atoms with Crippen molar-refractivity contribution < 1.29 is 23.8 Å². The lowest BCUT2D eigenvalue weighted by Crippen LogP contribution is -2.29. The van der Waals surface area contributed by atoms with E-state index in [-0.39, 0.29) is 19.6 Å². The van der Waals surface area contributed by atoms with E-state index in [0.29, 0.717) is 17.2 Å². The summed E-state index contributed by atoms with van der Waals surface area (Å²) in [7, 11) is 3.13. The molecule has 2 rings (SSSR count). The smallest absolute Gasteiger partial charge is 0.312 e. The maximum atomic E-state index is 11.8. The average molecular weight is 374 g/mol. The minimum Gasteiger partial charge on any atom is -0.493 e. The first kappa shape index (κ1) is 19.3. The van der Waals surface area contributed by atoms with Gasteiger partial charge in [-0.05, 0) is 18.2 Å². The third-order valence-corrected chi connectivity index (χ3v) is 4.20. The van der Waals surface area contributed by atoms with E-state index in [4.69, 9.17) is 20.6 Å². The number of hydrogen-bond donors (Lipinski definition) is 1. The van der Waals surface area contributed by atoms with Gasteiger partial charge < -0.3 is 19.5 Å². The average Bonchev–Trinajstić information content (AvgIpc) is 3.12. The van der Waals surface area contributed by atoms with Crippen LogP contribution in [0.1, 0.15) is 5.69 Å². The van der Waals surface area contributed by atoms with Crippen LogP contribution in [0.2, 0.25) is 0 Å². The molecule has 1 aromatic carbocycles. The summed E-state index contributed by atoms with van der Waals surface area (Å²) in [6, 6.07) is 5.46. The van der Waals surface area contributed by atoms with Gasteiger partial charge in [0, 0.05) is 10.9 Å². The highest BCUT2D eigenvalue weighted by molar-refractivity contribution is 7.13. The molecule has 0 spiro atoms. The molecular weight excluding hydrogens is 356 g/mol. The maximum absolute atomic E-state index is 11.8. The number of methoxy groups -OCH3 is 2. The van der Waals surface area contributed by atoms with Gasteiger partial charge in [0.05, 0.1) is 32.9 Å². The molecule has 0 aliphatic rings. The minimum atomic E-state index is -0.537. The van der Waals surface area contributed by atoms with Crippen LogP contribution in [0, 0.1) is 12.3 Å². The highest BCUT2D eigenvalue weighted by Gasteiger charge is 2.13. The summed E-state index contributed by atoms with van der Waals surface area (Å²) in [5.74, 6) is 2.50. The van der Waals surface area contributed by atoms with Crippen LogP contribution < -0.4 is 14.8 Å². The van der Waals surface area contributed by atoms with E-state index in [0.717, 1.165) is 10.6 Å². The van der Waals surface area contributed by atoms with E-state index in [9.17, 15) is 9.59 Å². The second kappa shape index (κ2) is 9.44. The van der Waals surface area contributed by atoms with Crippen molar-refractivity contribution in [2.24, 2.45) is 0 Å². The van der Waals surface area contributed by atoms with Crippen molar-refractivity contribution in [2.45, 2.75) is 6.42 Å². The molecule has 1 heterocycles. The van der Waals surface area contributed by atoms with Crippen molar-refractivity contribution in [1.29, 1.82) is 0 Å². The van der Waals surface area contributed by atoms with Crippen LogP contribution >= 0.6 is 11.3 Å². The third-order valence-electron chi connectivity index (χ3n) is 3.26. The summed E-state index contributed by atoms with van der Waals surface area (Å²) in [5, 5.41) is 4.92. The van der Waals surface area contributed by atoms with Crippen LogP contribution in [0.3, 0.4) is 0 Å². The number of rotatable bonds is 8. The van der Waals surface area contributed by atoms with Crippen molar-refractivity contribution >= 4 is 23.2 Å².